The highest BCUT2D eigenvalue weighted by Gasteiger charge is 2.58. The fourth-order valence-corrected chi connectivity index (χ4v) is 3.16. The van der Waals surface area contributed by atoms with E-state index in [0.717, 1.165) is 25.7 Å². The molecule has 2 heterocycles. The van der Waals surface area contributed by atoms with Gasteiger partial charge in [-0.15, -0.1) is 0 Å². The minimum absolute atomic E-state index is 0.344. The van der Waals surface area contributed by atoms with Gasteiger partial charge in [0.25, 0.3) is 0 Å². The van der Waals surface area contributed by atoms with Crippen LogP contribution < -0.4 is 0 Å². The van der Waals surface area contributed by atoms with Crippen molar-refractivity contribution in [2.75, 3.05) is 0 Å². The fourth-order valence-electron chi connectivity index (χ4n) is 3.16. The molecule has 1 spiro atoms. The summed E-state index contributed by atoms with van der Waals surface area (Å²) in [7, 11) is 0. The van der Waals surface area contributed by atoms with Crippen LogP contribution in [-0.4, -0.2) is 46.7 Å². The van der Waals surface area contributed by atoms with Gasteiger partial charge in [-0.2, -0.15) is 0 Å². The molecule has 0 aromatic heterocycles. The van der Waals surface area contributed by atoms with Gasteiger partial charge in [-0.25, -0.2) is 0 Å². The third-order valence-corrected chi connectivity index (χ3v) is 4.02. The van der Waals surface area contributed by atoms with E-state index in [1.807, 2.05) is 13.8 Å². The number of aliphatic hydroxyl groups excluding tert-OH is 2. The zero-order valence-electron chi connectivity index (χ0n) is 12.0. The van der Waals surface area contributed by atoms with E-state index in [4.69, 9.17) is 14.2 Å². The number of aliphatic hydroxyl groups is 2. The first-order valence-electron chi connectivity index (χ1n) is 7.49. The molecule has 2 saturated heterocycles. The maximum absolute atomic E-state index is 9.79. The highest BCUT2D eigenvalue weighted by Crippen LogP contribution is 2.45. The van der Waals surface area contributed by atoms with E-state index in [9.17, 15) is 10.2 Å². The van der Waals surface area contributed by atoms with Gasteiger partial charge in [0.1, 0.15) is 18.3 Å². The number of hydrogen-bond donors (Lipinski definition) is 2. The van der Waals surface area contributed by atoms with Gasteiger partial charge in [-0.05, 0) is 19.8 Å². The minimum atomic E-state index is -0.985. The van der Waals surface area contributed by atoms with E-state index in [2.05, 4.69) is 0 Å². The Kier molecular flexibility index (Phi) is 4.84. The highest BCUT2D eigenvalue weighted by atomic mass is 16.8. The van der Waals surface area contributed by atoms with Crippen LogP contribution in [0.1, 0.15) is 52.9 Å². The summed E-state index contributed by atoms with van der Waals surface area (Å²) in [5.74, 6) is -0.536. The average molecular weight is 274 g/mol. The lowest BCUT2D eigenvalue weighted by Crippen LogP contribution is -2.39. The van der Waals surface area contributed by atoms with Crippen LogP contribution in [0.5, 0.6) is 0 Å². The Hall–Kier alpha value is -0.200. The topological polar surface area (TPSA) is 68.2 Å². The van der Waals surface area contributed by atoms with Crippen LogP contribution in [0.3, 0.4) is 0 Å². The lowest BCUT2D eigenvalue weighted by atomic mass is 9.94. The van der Waals surface area contributed by atoms with Crippen LogP contribution in [0, 0.1) is 0 Å². The molecule has 0 amide bonds. The average Bonchev–Trinajstić information content (AvgIpc) is 2.90. The van der Waals surface area contributed by atoms with Gasteiger partial charge in [0.15, 0.2) is 12.1 Å². The predicted octanol–water partition coefficient (Wildman–Crippen LogP) is 1.56. The van der Waals surface area contributed by atoms with Crippen LogP contribution in [0.25, 0.3) is 0 Å². The first-order valence-corrected chi connectivity index (χ1v) is 7.49. The molecular weight excluding hydrogens is 248 g/mol. The molecule has 5 heteroatoms. The molecule has 5 nitrogen and oxygen atoms in total. The third kappa shape index (κ3) is 2.81. The van der Waals surface area contributed by atoms with Gasteiger partial charge in [-0.1, -0.05) is 20.3 Å². The highest BCUT2D eigenvalue weighted by molar-refractivity contribution is 4.98. The summed E-state index contributed by atoms with van der Waals surface area (Å²) in [6.07, 6.45) is 2.21. The van der Waals surface area contributed by atoms with E-state index < -0.39 is 30.4 Å². The van der Waals surface area contributed by atoms with Crippen molar-refractivity contribution < 1.29 is 24.4 Å². The molecule has 19 heavy (non-hydrogen) atoms. The zero-order chi connectivity index (χ0) is 14.0. The first kappa shape index (κ1) is 15.2. The van der Waals surface area contributed by atoms with Gasteiger partial charge in [-0.3, -0.25) is 0 Å². The lowest BCUT2D eigenvalue weighted by molar-refractivity contribution is -0.253. The number of rotatable bonds is 1. The van der Waals surface area contributed by atoms with E-state index in [0.29, 0.717) is 0 Å². The minimum Gasteiger partial charge on any atom is -0.391 e. The van der Waals surface area contributed by atoms with Crippen molar-refractivity contribution in [2.45, 2.75) is 89.4 Å². The van der Waals surface area contributed by atoms with Crippen LogP contribution in [-0.2, 0) is 14.2 Å². The summed E-state index contributed by atoms with van der Waals surface area (Å²) >= 11 is 0. The summed E-state index contributed by atoms with van der Waals surface area (Å²) in [5.41, 5.74) is 0. The molecule has 112 valence electrons. The Labute approximate surface area is 114 Å². The molecule has 5 atom stereocenters. The third-order valence-electron chi connectivity index (χ3n) is 4.02. The molecule has 0 aromatic rings. The molecule has 1 aliphatic carbocycles. The predicted molar refractivity (Wildman–Crippen MR) is 69.5 cm³/mol. The Morgan fingerprint density at radius 3 is 2.21 bits per heavy atom. The summed E-state index contributed by atoms with van der Waals surface area (Å²) in [6, 6.07) is 0. The van der Waals surface area contributed by atoms with Gasteiger partial charge in [0.2, 0.25) is 0 Å². The molecular formula is C14H26O5. The molecule has 0 bridgehead atoms. The molecule has 0 radical (unpaired) electrons. The van der Waals surface area contributed by atoms with Gasteiger partial charge in [0, 0.05) is 12.8 Å². The largest absolute Gasteiger partial charge is 0.391 e. The van der Waals surface area contributed by atoms with Crippen molar-refractivity contribution in [3.8, 4) is 0 Å². The van der Waals surface area contributed by atoms with Crippen LogP contribution in [0.2, 0.25) is 0 Å². The number of hydrogen-bond acceptors (Lipinski definition) is 5. The Balaban J connectivity index is 0.000000637. The van der Waals surface area contributed by atoms with E-state index in [-0.39, 0.29) is 6.10 Å². The van der Waals surface area contributed by atoms with Gasteiger partial charge in [0.05, 0.1) is 6.10 Å². The summed E-state index contributed by atoms with van der Waals surface area (Å²) in [4.78, 5) is 0. The first-order chi connectivity index (χ1) is 9.11. The van der Waals surface area contributed by atoms with Crippen molar-refractivity contribution in [2.24, 2.45) is 0 Å². The molecule has 2 aliphatic heterocycles. The Bertz CT molecular complexity index is 288. The summed E-state index contributed by atoms with van der Waals surface area (Å²) < 4.78 is 17.2. The van der Waals surface area contributed by atoms with Crippen molar-refractivity contribution in [1.82, 2.24) is 0 Å². The Morgan fingerprint density at radius 1 is 1.05 bits per heavy atom. The molecule has 2 N–H and O–H groups in total. The van der Waals surface area contributed by atoms with Crippen molar-refractivity contribution in [3.63, 3.8) is 0 Å². The number of fused-ring (bicyclic) bond motifs is 1. The van der Waals surface area contributed by atoms with Gasteiger partial charge >= 0.3 is 0 Å². The second-order valence-electron chi connectivity index (χ2n) is 5.37. The second kappa shape index (κ2) is 6.06. The van der Waals surface area contributed by atoms with Crippen molar-refractivity contribution >= 4 is 0 Å². The smallest absolute Gasteiger partial charge is 0.184 e. The molecule has 3 rings (SSSR count). The Morgan fingerprint density at radius 2 is 1.63 bits per heavy atom. The zero-order valence-corrected chi connectivity index (χ0v) is 12.0. The molecule has 3 aliphatic rings. The SMILES string of the molecule is CC.CC(O)C1OC(O)[C@@H]2OC3(CCCCC3)O[C@H]12. The molecule has 0 aromatic carbocycles. The van der Waals surface area contributed by atoms with Gasteiger partial charge < -0.3 is 24.4 Å². The molecule has 3 fully saturated rings. The van der Waals surface area contributed by atoms with Crippen LogP contribution in [0.4, 0.5) is 0 Å². The lowest BCUT2D eigenvalue weighted by Gasteiger charge is -2.33. The maximum atomic E-state index is 9.79. The van der Waals surface area contributed by atoms with E-state index in [1.54, 1.807) is 6.92 Å². The summed E-state index contributed by atoms with van der Waals surface area (Å²) in [6.45, 7) is 5.65. The number of ether oxygens (including phenoxy) is 3. The van der Waals surface area contributed by atoms with Crippen LogP contribution >= 0.6 is 0 Å². The summed E-state index contributed by atoms with van der Waals surface area (Å²) in [5, 5.41) is 19.4. The van der Waals surface area contributed by atoms with Crippen molar-refractivity contribution in [3.05, 3.63) is 0 Å². The van der Waals surface area contributed by atoms with E-state index in [1.165, 1.54) is 6.42 Å². The maximum Gasteiger partial charge on any atom is 0.184 e. The fraction of sp³-hybridized carbons (Fsp3) is 1.00. The van der Waals surface area contributed by atoms with E-state index >= 15 is 0 Å². The van der Waals surface area contributed by atoms with Crippen molar-refractivity contribution in [1.29, 1.82) is 0 Å². The normalized spacial score (nSPS) is 41.5. The molecule has 3 unspecified atom stereocenters. The monoisotopic (exact) mass is 274 g/mol. The second-order valence-corrected chi connectivity index (χ2v) is 5.37. The quantitative estimate of drug-likeness (QED) is 0.759. The molecule has 1 saturated carbocycles. The van der Waals surface area contributed by atoms with Crippen LogP contribution in [0.15, 0.2) is 0 Å². The standard InChI is InChI=1S/C12H20O5.C2H6/c1-7(13)8-9-10(11(14)15-8)17-12(16-9)5-3-2-4-6-12;1-2/h7-11,13-14H,2-6H2,1H3;1-2H3/t7?,8?,9-,10-,11?;/m1./s1.